The van der Waals surface area contributed by atoms with Crippen LogP contribution in [0.1, 0.15) is 0 Å². The van der Waals surface area contributed by atoms with Crippen LogP contribution in [0, 0.1) is 6.57 Å². The summed E-state index contributed by atoms with van der Waals surface area (Å²) in [4.78, 5) is 14.3. The fourth-order valence-corrected chi connectivity index (χ4v) is 9.56. The summed E-state index contributed by atoms with van der Waals surface area (Å²) in [6.45, 7) is 8.11. The summed E-state index contributed by atoms with van der Waals surface area (Å²) >= 11 is 1.85. The molecule has 8 aromatic carbocycles. The van der Waals surface area contributed by atoms with E-state index in [0.29, 0.717) is 11.5 Å². The van der Waals surface area contributed by atoms with Gasteiger partial charge in [0.05, 0.1) is 29.0 Å². The van der Waals surface area contributed by atoms with Gasteiger partial charge in [-0.3, -0.25) is 0 Å². The second kappa shape index (κ2) is 13.8. The van der Waals surface area contributed by atoms with Crippen LogP contribution in [0.15, 0.2) is 194 Å². The largest absolute Gasteiger partial charge is 0.309 e. The minimum absolute atomic E-state index is 0.601. The highest BCUT2D eigenvalue weighted by Crippen LogP contribution is 2.43. The van der Waals surface area contributed by atoms with Crippen molar-refractivity contribution in [2.45, 2.75) is 0 Å². The Morgan fingerprint density at radius 1 is 0.431 bits per heavy atom. The molecular formula is C53H32N4S. The molecule has 0 aliphatic heterocycles. The Kier molecular flexibility index (Phi) is 8.03. The van der Waals surface area contributed by atoms with Crippen molar-refractivity contribution in [1.29, 1.82) is 0 Å². The molecule has 0 N–H and O–H groups in total. The molecular weight excluding hydrogens is 725 g/mol. The molecule has 0 amide bonds. The van der Waals surface area contributed by atoms with Gasteiger partial charge in [0.25, 0.3) is 0 Å². The highest BCUT2D eigenvalue weighted by molar-refractivity contribution is 7.26. The van der Waals surface area contributed by atoms with Crippen LogP contribution in [0.2, 0.25) is 0 Å². The van der Waals surface area contributed by atoms with E-state index in [9.17, 15) is 0 Å². The minimum Gasteiger partial charge on any atom is -0.309 e. The van der Waals surface area contributed by atoms with Crippen LogP contribution in [0.4, 0.5) is 5.69 Å². The number of para-hydroxylation sites is 2. The van der Waals surface area contributed by atoms with Gasteiger partial charge in [-0.25, -0.2) is 14.8 Å². The van der Waals surface area contributed by atoms with E-state index in [1.807, 2.05) is 72.0 Å². The third-order valence-electron chi connectivity index (χ3n) is 11.0. The van der Waals surface area contributed by atoms with Crippen LogP contribution >= 0.6 is 11.3 Å². The van der Waals surface area contributed by atoms with Crippen molar-refractivity contribution in [3.05, 3.63) is 206 Å². The van der Waals surface area contributed by atoms with Gasteiger partial charge >= 0.3 is 0 Å². The van der Waals surface area contributed by atoms with E-state index in [1.54, 1.807) is 0 Å². The number of thiophene rings is 1. The zero-order valence-electron chi connectivity index (χ0n) is 31.2. The average molecular weight is 757 g/mol. The molecule has 4 nitrogen and oxygen atoms in total. The molecule has 0 saturated carbocycles. The van der Waals surface area contributed by atoms with Crippen molar-refractivity contribution < 1.29 is 0 Å². The van der Waals surface area contributed by atoms with Gasteiger partial charge in [0.15, 0.2) is 11.5 Å². The average Bonchev–Trinajstić information content (AvgIpc) is 3.85. The molecule has 58 heavy (non-hydrogen) atoms. The highest BCUT2D eigenvalue weighted by Gasteiger charge is 2.19. The van der Waals surface area contributed by atoms with Crippen molar-refractivity contribution in [3.8, 4) is 61.8 Å². The van der Waals surface area contributed by atoms with Crippen LogP contribution in [0.5, 0.6) is 0 Å². The topological polar surface area (TPSA) is 35.1 Å². The molecule has 5 heteroatoms. The summed E-state index contributed by atoms with van der Waals surface area (Å²) in [5, 5.41) is 4.93. The molecule has 0 spiro atoms. The van der Waals surface area contributed by atoms with E-state index in [1.165, 1.54) is 42.1 Å². The van der Waals surface area contributed by atoms with Crippen molar-refractivity contribution in [3.63, 3.8) is 0 Å². The van der Waals surface area contributed by atoms with E-state index in [2.05, 4.69) is 143 Å². The first-order valence-electron chi connectivity index (χ1n) is 19.3. The lowest BCUT2D eigenvalue weighted by molar-refractivity contribution is 1.16. The number of nitrogens with zero attached hydrogens (tertiary/aromatic N) is 4. The van der Waals surface area contributed by atoms with Gasteiger partial charge in [-0.2, -0.15) is 0 Å². The van der Waals surface area contributed by atoms with Crippen LogP contribution < -0.4 is 0 Å². The number of benzene rings is 8. The number of hydrogen-bond donors (Lipinski definition) is 0. The molecule has 0 radical (unpaired) electrons. The molecule has 0 unspecified atom stereocenters. The predicted octanol–water partition coefficient (Wildman–Crippen LogP) is 14.8. The molecule has 0 aliphatic carbocycles. The number of rotatable bonds is 6. The molecule has 270 valence electrons. The summed E-state index contributed by atoms with van der Waals surface area (Å²) in [6.07, 6.45) is 0. The Morgan fingerprint density at radius 2 is 1.07 bits per heavy atom. The van der Waals surface area contributed by atoms with E-state index < -0.39 is 0 Å². The molecule has 3 aromatic heterocycles. The lowest BCUT2D eigenvalue weighted by Gasteiger charge is -2.16. The van der Waals surface area contributed by atoms with E-state index >= 15 is 0 Å². The van der Waals surface area contributed by atoms with Crippen molar-refractivity contribution in [2.75, 3.05) is 0 Å². The summed E-state index contributed by atoms with van der Waals surface area (Å²) in [6, 6.07) is 67.9. The second-order valence-corrected chi connectivity index (χ2v) is 15.5. The van der Waals surface area contributed by atoms with Crippen molar-refractivity contribution in [1.82, 2.24) is 14.5 Å². The maximum atomic E-state index is 8.11. The van der Waals surface area contributed by atoms with Crippen molar-refractivity contribution in [2.24, 2.45) is 0 Å². The summed E-state index contributed by atoms with van der Waals surface area (Å²) in [5.74, 6) is 0.655. The van der Waals surface area contributed by atoms with Gasteiger partial charge in [0, 0.05) is 53.3 Å². The molecule has 3 heterocycles. The van der Waals surface area contributed by atoms with Crippen LogP contribution in [-0.4, -0.2) is 14.5 Å². The zero-order chi connectivity index (χ0) is 38.6. The Bertz CT molecular complexity index is 3350. The maximum Gasteiger partial charge on any atom is 0.194 e. The smallest absolute Gasteiger partial charge is 0.194 e. The zero-order valence-corrected chi connectivity index (χ0v) is 32.0. The SMILES string of the molecule is [C-]#[N+]c1ccccc1-c1cc(-c2cc(-c3ccccc3)nc(-c3ccccc3)n2)cc(-n2c3ccccc3c3ccc(-c4cccc5c4sc4ccccc45)cc32)c1. The first-order chi connectivity index (χ1) is 28.7. The van der Waals surface area contributed by atoms with E-state index in [0.717, 1.165) is 55.9 Å². The summed E-state index contributed by atoms with van der Waals surface area (Å²) in [7, 11) is 0. The van der Waals surface area contributed by atoms with E-state index in [-0.39, 0.29) is 0 Å². The van der Waals surface area contributed by atoms with Gasteiger partial charge in [0.1, 0.15) is 0 Å². The standard InChI is InChI=1S/C53H32N4S/c1-54-46-24-11-8-19-40(46)37-29-38(48-33-47(34-15-4-2-5-16-34)55-53(56-48)35-17-6-3-7-18-35)31-39(30-37)57-49-25-12-9-20-42(49)43-28-27-36(32-50(43)57)41-22-14-23-45-44-21-10-13-26-51(44)58-52(41)45/h2-33H. The second-order valence-electron chi connectivity index (χ2n) is 14.5. The molecule has 0 aliphatic rings. The van der Waals surface area contributed by atoms with Gasteiger partial charge < -0.3 is 4.57 Å². The molecule has 0 saturated heterocycles. The van der Waals surface area contributed by atoms with Gasteiger partial charge in [0.2, 0.25) is 0 Å². The minimum atomic E-state index is 0.601. The Morgan fingerprint density at radius 3 is 1.90 bits per heavy atom. The third-order valence-corrected chi connectivity index (χ3v) is 12.2. The Balaban J connectivity index is 1.19. The number of hydrogen-bond acceptors (Lipinski definition) is 3. The van der Waals surface area contributed by atoms with Gasteiger partial charge in [-0.15, -0.1) is 11.3 Å². The maximum absolute atomic E-state index is 8.11. The molecule has 11 aromatic rings. The molecule has 0 fully saturated rings. The van der Waals surface area contributed by atoms with Crippen molar-refractivity contribution >= 4 is 59.0 Å². The van der Waals surface area contributed by atoms with E-state index in [4.69, 9.17) is 16.5 Å². The van der Waals surface area contributed by atoms with Gasteiger partial charge in [-0.1, -0.05) is 152 Å². The highest BCUT2D eigenvalue weighted by atomic mass is 32.1. The summed E-state index contributed by atoms with van der Waals surface area (Å²) in [5.41, 5.74) is 12.5. The Hall–Kier alpha value is -7.65. The fraction of sp³-hybridized carbons (Fsp3) is 0. The number of fused-ring (bicyclic) bond motifs is 6. The lowest BCUT2D eigenvalue weighted by Crippen LogP contribution is -1.99. The molecule has 0 bridgehead atoms. The summed E-state index contributed by atoms with van der Waals surface area (Å²) < 4.78 is 4.96. The first-order valence-corrected chi connectivity index (χ1v) is 20.1. The molecule has 0 atom stereocenters. The lowest BCUT2D eigenvalue weighted by atomic mass is 9.98. The monoisotopic (exact) mass is 756 g/mol. The Labute approximate surface area is 339 Å². The third kappa shape index (κ3) is 5.66. The fourth-order valence-electron chi connectivity index (χ4n) is 8.32. The molecule has 11 rings (SSSR count). The normalized spacial score (nSPS) is 11.4. The van der Waals surface area contributed by atoms with Gasteiger partial charge in [-0.05, 0) is 64.7 Å². The van der Waals surface area contributed by atoms with Crippen LogP contribution in [0.3, 0.4) is 0 Å². The first kappa shape index (κ1) is 33.7. The van der Waals surface area contributed by atoms with Crippen LogP contribution in [0.25, 0.3) is 109 Å². The quantitative estimate of drug-likeness (QED) is 0.158. The predicted molar refractivity (Wildman–Crippen MR) is 243 cm³/mol. The van der Waals surface area contributed by atoms with Crippen LogP contribution in [-0.2, 0) is 0 Å². The number of aromatic nitrogens is 3.